The summed E-state index contributed by atoms with van der Waals surface area (Å²) in [6, 6.07) is 0. The average Bonchev–Trinajstić information content (AvgIpc) is 2.21. The Balaban J connectivity index is 2.66. The second kappa shape index (κ2) is 5.02. The van der Waals surface area contributed by atoms with E-state index in [4.69, 9.17) is 4.74 Å². The minimum absolute atomic E-state index is 0.0131. The molecule has 1 saturated heterocycles. The summed E-state index contributed by atoms with van der Waals surface area (Å²) in [7, 11) is 0. The average molecular weight is 214 g/mol. The molecule has 0 radical (unpaired) electrons. The predicted octanol–water partition coefficient (Wildman–Crippen LogP) is -0.0298. The second-order valence-corrected chi connectivity index (χ2v) is 3.48. The third kappa shape index (κ3) is 2.62. The number of rotatable bonds is 3. The van der Waals surface area contributed by atoms with E-state index in [2.05, 4.69) is 4.74 Å². The zero-order chi connectivity index (χ0) is 11.4. The Morgan fingerprint density at radius 3 is 2.73 bits per heavy atom. The first-order chi connectivity index (χ1) is 7.07. The van der Waals surface area contributed by atoms with Gasteiger partial charge < -0.3 is 9.47 Å². The Morgan fingerprint density at radius 2 is 2.13 bits per heavy atom. The molecule has 0 saturated carbocycles. The van der Waals surface area contributed by atoms with E-state index >= 15 is 0 Å². The molecule has 1 aliphatic rings. The molecule has 5 heteroatoms. The first-order valence-corrected chi connectivity index (χ1v) is 4.90. The van der Waals surface area contributed by atoms with Gasteiger partial charge in [0.05, 0.1) is 19.8 Å². The highest BCUT2D eigenvalue weighted by atomic mass is 16.5. The molecule has 0 bridgehead atoms. The van der Waals surface area contributed by atoms with Crippen LogP contribution in [-0.2, 0) is 23.9 Å². The van der Waals surface area contributed by atoms with Crippen molar-refractivity contribution >= 4 is 17.5 Å². The summed E-state index contributed by atoms with van der Waals surface area (Å²) in [5.41, 5.74) is 0. The first kappa shape index (κ1) is 11.8. The van der Waals surface area contributed by atoms with Crippen LogP contribution >= 0.6 is 0 Å². The van der Waals surface area contributed by atoms with Crippen molar-refractivity contribution in [1.29, 1.82) is 0 Å². The highest BCUT2D eigenvalue weighted by molar-refractivity contribution is 6.38. The maximum Gasteiger partial charge on any atom is 0.375 e. The topological polar surface area (TPSA) is 69.7 Å². The van der Waals surface area contributed by atoms with Crippen molar-refractivity contribution in [2.24, 2.45) is 11.8 Å². The van der Waals surface area contributed by atoms with E-state index < -0.39 is 17.7 Å². The van der Waals surface area contributed by atoms with Gasteiger partial charge in [0.25, 0.3) is 5.78 Å². The molecular formula is C10H14O5. The number of hydrogen-bond acceptors (Lipinski definition) is 5. The molecule has 2 atom stereocenters. The van der Waals surface area contributed by atoms with Crippen molar-refractivity contribution in [3.05, 3.63) is 0 Å². The second-order valence-electron chi connectivity index (χ2n) is 3.48. The molecule has 1 aliphatic heterocycles. The smallest absolute Gasteiger partial charge is 0.375 e. The lowest BCUT2D eigenvalue weighted by Crippen LogP contribution is -2.42. The van der Waals surface area contributed by atoms with Gasteiger partial charge in [-0.2, -0.15) is 0 Å². The standard InChI is InChI=1S/C10H14O5/c1-3-15-10(13)9(12)7-5-14-4-6(2)8(7)11/h6-7H,3-5H2,1-2H3. The molecule has 0 amide bonds. The number of esters is 1. The quantitative estimate of drug-likeness (QED) is 0.375. The van der Waals surface area contributed by atoms with Crippen molar-refractivity contribution in [3.8, 4) is 0 Å². The zero-order valence-corrected chi connectivity index (χ0v) is 8.82. The van der Waals surface area contributed by atoms with Gasteiger partial charge in [0, 0.05) is 5.92 Å². The van der Waals surface area contributed by atoms with Crippen LogP contribution in [0, 0.1) is 11.8 Å². The van der Waals surface area contributed by atoms with Crippen LogP contribution in [0.3, 0.4) is 0 Å². The zero-order valence-electron chi connectivity index (χ0n) is 8.82. The molecule has 5 nitrogen and oxygen atoms in total. The van der Waals surface area contributed by atoms with E-state index in [9.17, 15) is 14.4 Å². The van der Waals surface area contributed by atoms with E-state index in [1.165, 1.54) is 0 Å². The first-order valence-electron chi connectivity index (χ1n) is 4.90. The molecule has 1 fully saturated rings. The fourth-order valence-corrected chi connectivity index (χ4v) is 1.42. The third-order valence-electron chi connectivity index (χ3n) is 2.27. The molecule has 1 rings (SSSR count). The summed E-state index contributed by atoms with van der Waals surface area (Å²) in [5, 5.41) is 0. The SMILES string of the molecule is CCOC(=O)C(=O)C1COCC(C)C1=O. The van der Waals surface area contributed by atoms with Crippen LogP contribution in [0.25, 0.3) is 0 Å². The highest BCUT2D eigenvalue weighted by Gasteiger charge is 2.38. The summed E-state index contributed by atoms with van der Waals surface area (Å²) in [5.74, 6) is -3.30. The van der Waals surface area contributed by atoms with Crippen LogP contribution in [0.15, 0.2) is 0 Å². The molecular weight excluding hydrogens is 200 g/mol. The van der Waals surface area contributed by atoms with Crippen molar-refractivity contribution in [2.75, 3.05) is 19.8 Å². The fourth-order valence-electron chi connectivity index (χ4n) is 1.42. The van der Waals surface area contributed by atoms with Gasteiger partial charge in [-0.05, 0) is 6.92 Å². The van der Waals surface area contributed by atoms with Gasteiger partial charge in [0.1, 0.15) is 5.92 Å². The number of hydrogen-bond donors (Lipinski definition) is 0. The number of ether oxygens (including phenoxy) is 2. The summed E-state index contributed by atoms with van der Waals surface area (Å²) in [4.78, 5) is 34.2. The van der Waals surface area contributed by atoms with Crippen molar-refractivity contribution in [3.63, 3.8) is 0 Å². The fraction of sp³-hybridized carbons (Fsp3) is 0.700. The molecule has 2 unspecified atom stereocenters. The molecule has 0 aliphatic carbocycles. The molecule has 0 spiro atoms. The van der Waals surface area contributed by atoms with Gasteiger partial charge in [-0.1, -0.05) is 6.92 Å². The lowest BCUT2D eigenvalue weighted by atomic mass is 9.89. The van der Waals surface area contributed by atoms with E-state index in [-0.39, 0.29) is 24.9 Å². The van der Waals surface area contributed by atoms with Gasteiger partial charge in [0.2, 0.25) is 0 Å². The molecule has 0 N–H and O–H groups in total. The molecule has 15 heavy (non-hydrogen) atoms. The van der Waals surface area contributed by atoms with E-state index in [0.29, 0.717) is 6.61 Å². The Labute approximate surface area is 87.7 Å². The molecule has 1 heterocycles. The molecule has 84 valence electrons. The molecule has 0 aromatic heterocycles. The van der Waals surface area contributed by atoms with E-state index in [1.807, 2.05) is 0 Å². The van der Waals surface area contributed by atoms with Crippen LogP contribution in [-0.4, -0.2) is 37.4 Å². The molecule has 0 aromatic carbocycles. The largest absolute Gasteiger partial charge is 0.460 e. The molecule has 0 aromatic rings. The van der Waals surface area contributed by atoms with Crippen molar-refractivity contribution < 1.29 is 23.9 Å². The summed E-state index contributed by atoms with van der Waals surface area (Å²) in [6.07, 6.45) is 0. The monoisotopic (exact) mass is 214 g/mol. The number of carbonyl (C=O) groups is 3. The number of carbonyl (C=O) groups excluding carboxylic acids is 3. The van der Waals surface area contributed by atoms with E-state index in [0.717, 1.165) is 0 Å². The van der Waals surface area contributed by atoms with Crippen LogP contribution in [0.1, 0.15) is 13.8 Å². The lowest BCUT2D eigenvalue weighted by Gasteiger charge is -2.23. The van der Waals surface area contributed by atoms with Gasteiger partial charge >= 0.3 is 5.97 Å². The van der Waals surface area contributed by atoms with E-state index in [1.54, 1.807) is 13.8 Å². The van der Waals surface area contributed by atoms with Gasteiger partial charge in [-0.25, -0.2) is 4.79 Å². The predicted molar refractivity (Wildman–Crippen MR) is 50.1 cm³/mol. The Bertz CT molecular complexity index is 284. The summed E-state index contributed by atoms with van der Waals surface area (Å²) < 4.78 is 9.61. The van der Waals surface area contributed by atoms with Gasteiger partial charge in [0.15, 0.2) is 5.78 Å². The summed E-state index contributed by atoms with van der Waals surface area (Å²) >= 11 is 0. The third-order valence-corrected chi connectivity index (χ3v) is 2.27. The Kier molecular flexibility index (Phi) is 3.96. The highest BCUT2D eigenvalue weighted by Crippen LogP contribution is 2.16. The van der Waals surface area contributed by atoms with Gasteiger partial charge in [-0.15, -0.1) is 0 Å². The van der Waals surface area contributed by atoms with Crippen LogP contribution in [0.4, 0.5) is 0 Å². The summed E-state index contributed by atoms with van der Waals surface area (Å²) in [6.45, 7) is 3.70. The van der Waals surface area contributed by atoms with Crippen molar-refractivity contribution in [1.82, 2.24) is 0 Å². The Morgan fingerprint density at radius 1 is 1.47 bits per heavy atom. The normalized spacial score (nSPS) is 26.1. The number of Topliss-reactive ketones (excluding diaryl/α,β-unsaturated/α-hetero) is 2. The van der Waals surface area contributed by atoms with Crippen LogP contribution < -0.4 is 0 Å². The van der Waals surface area contributed by atoms with Gasteiger partial charge in [-0.3, -0.25) is 9.59 Å². The minimum Gasteiger partial charge on any atom is -0.460 e. The number of ketones is 2. The Hall–Kier alpha value is -1.23. The maximum atomic E-state index is 11.6. The minimum atomic E-state index is -0.979. The van der Waals surface area contributed by atoms with Crippen LogP contribution in [0.5, 0.6) is 0 Å². The van der Waals surface area contributed by atoms with Crippen molar-refractivity contribution in [2.45, 2.75) is 13.8 Å². The van der Waals surface area contributed by atoms with Crippen LogP contribution in [0.2, 0.25) is 0 Å². The maximum absolute atomic E-state index is 11.6. The lowest BCUT2D eigenvalue weighted by molar-refractivity contribution is -0.160.